The van der Waals surface area contributed by atoms with E-state index in [0.29, 0.717) is 6.54 Å². The van der Waals surface area contributed by atoms with Crippen molar-refractivity contribution in [1.29, 1.82) is 0 Å². The van der Waals surface area contributed by atoms with E-state index in [9.17, 15) is 0 Å². The van der Waals surface area contributed by atoms with Gasteiger partial charge in [0.2, 0.25) is 0 Å². The molecule has 0 atom stereocenters. The maximum atomic E-state index is 6.14. The molecule has 0 aromatic heterocycles. The van der Waals surface area contributed by atoms with Gasteiger partial charge in [0.05, 0.1) is 0 Å². The Hall–Kier alpha value is -1.51. The zero-order chi connectivity index (χ0) is 14.7. The molecule has 0 saturated carbocycles. The molecule has 110 valence electrons. The summed E-state index contributed by atoms with van der Waals surface area (Å²) >= 11 is 6.14. The van der Waals surface area contributed by atoms with Gasteiger partial charge in [-0.1, -0.05) is 35.9 Å². The van der Waals surface area contributed by atoms with Crippen LogP contribution in [-0.2, 0) is 19.3 Å². The van der Waals surface area contributed by atoms with Crippen LogP contribution in [0.25, 0.3) is 0 Å². The number of nitrogens with zero attached hydrogens (tertiary/aromatic N) is 1. The first-order valence-corrected chi connectivity index (χ1v) is 7.96. The Labute approximate surface area is 131 Å². The standard InChI is InChI=1S/C18H21ClN2/c19-17-5-6-18(16(13-17)7-10-20)21-11-8-14-3-1-2-4-15(14)9-12-21/h1-6,13H,7-12,20H2. The Balaban J connectivity index is 1.86. The van der Waals surface area contributed by atoms with Crippen LogP contribution in [0.4, 0.5) is 5.69 Å². The third-order valence-corrected chi connectivity index (χ3v) is 4.45. The molecule has 2 N–H and O–H groups in total. The van der Waals surface area contributed by atoms with Crippen molar-refractivity contribution < 1.29 is 0 Å². The first-order valence-electron chi connectivity index (χ1n) is 7.58. The molecule has 21 heavy (non-hydrogen) atoms. The van der Waals surface area contributed by atoms with Gasteiger partial charge in [-0.3, -0.25) is 0 Å². The van der Waals surface area contributed by atoms with Crippen LogP contribution in [0.2, 0.25) is 5.02 Å². The second-order valence-corrected chi connectivity index (χ2v) is 6.00. The molecule has 0 spiro atoms. The third kappa shape index (κ3) is 3.22. The summed E-state index contributed by atoms with van der Waals surface area (Å²) in [5.74, 6) is 0. The van der Waals surface area contributed by atoms with Crippen LogP contribution in [0, 0.1) is 0 Å². The molecule has 0 aliphatic carbocycles. The highest BCUT2D eigenvalue weighted by Crippen LogP contribution is 2.27. The van der Waals surface area contributed by atoms with Crippen molar-refractivity contribution in [3.05, 3.63) is 64.2 Å². The van der Waals surface area contributed by atoms with Crippen LogP contribution in [0.1, 0.15) is 16.7 Å². The highest BCUT2D eigenvalue weighted by molar-refractivity contribution is 6.30. The quantitative estimate of drug-likeness (QED) is 0.941. The summed E-state index contributed by atoms with van der Waals surface area (Å²) in [6.45, 7) is 2.76. The Morgan fingerprint density at radius 2 is 1.67 bits per heavy atom. The molecule has 0 radical (unpaired) electrons. The van der Waals surface area contributed by atoms with Crippen molar-refractivity contribution in [3.8, 4) is 0 Å². The van der Waals surface area contributed by atoms with Crippen molar-refractivity contribution in [2.75, 3.05) is 24.5 Å². The minimum atomic E-state index is 0.654. The van der Waals surface area contributed by atoms with Crippen LogP contribution < -0.4 is 10.6 Å². The average Bonchev–Trinajstić information content (AvgIpc) is 2.71. The second-order valence-electron chi connectivity index (χ2n) is 5.57. The van der Waals surface area contributed by atoms with Crippen molar-refractivity contribution >= 4 is 17.3 Å². The molecule has 3 rings (SSSR count). The number of rotatable bonds is 3. The molecule has 2 aromatic rings. The van der Waals surface area contributed by atoms with Crippen LogP contribution >= 0.6 is 11.6 Å². The first-order chi connectivity index (χ1) is 10.3. The number of benzene rings is 2. The number of halogens is 1. The lowest BCUT2D eigenvalue weighted by molar-refractivity contribution is 0.796. The van der Waals surface area contributed by atoms with Crippen molar-refractivity contribution in [3.63, 3.8) is 0 Å². The topological polar surface area (TPSA) is 29.3 Å². The molecule has 0 saturated heterocycles. The van der Waals surface area contributed by atoms with E-state index in [1.807, 2.05) is 6.07 Å². The van der Waals surface area contributed by atoms with E-state index >= 15 is 0 Å². The fourth-order valence-corrected chi connectivity index (χ4v) is 3.32. The molecule has 0 amide bonds. The molecule has 2 nitrogen and oxygen atoms in total. The Kier molecular flexibility index (Phi) is 4.47. The highest BCUT2D eigenvalue weighted by Gasteiger charge is 2.16. The van der Waals surface area contributed by atoms with E-state index in [-0.39, 0.29) is 0 Å². The summed E-state index contributed by atoms with van der Waals surface area (Å²) in [5.41, 5.74) is 11.3. The van der Waals surface area contributed by atoms with Gasteiger partial charge in [0.15, 0.2) is 0 Å². The van der Waals surface area contributed by atoms with Gasteiger partial charge in [-0.05, 0) is 60.7 Å². The Bertz CT molecular complexity index is 597. The minimum Gasteiger partial charge on any atom is -0.371 e. The lowest BCUT2D eigenvalue weighted by Crippen LogP contribution is -2.27. The van der Waals surface area contributed by atoms with Crippen molar-refractivity contribution in [2.24, 2.45) is 5.73 Å². The number of anilines is 1. The fourth-order valence-electron chi connectivity index (χ4n) is 3.13. The van der Waals surface area contributed by atoms with Crippen LogP contribution in [-0.4, -0.2) is 19.6 Å². The van der Waals surface area contributed by atoms with E-state index < -0.39 is 0 Å². The van der Waals surface area contributed by atoms with Crippen LogP contribution in [0.3, 0.4) is 0 Å². The summed E-state index contributed by atoms with van der Waals surface area (Å²) in [5, 5.41) is 0.792. The fraction of sp³-hybridized carbons (Fsp3) is 0.333. The van der Waals surface area contributed by atoms with E-state index in [1.54, 1.807) is 0 Å². The van der Waals surface area contributed by atoms with E-state index in [4.69, 9.17) is 17.3 Å². The molecular weight excluding hydrogens is 280 g/mol. The normalized spacial score (nSPS) is 14.7. The molecular formula is C18H21ClN2. The smallest absolute Gasteiger partial charge is 0.0410 e. The molecule has 0 fully saturated rings. The van der Waals surface area contributed by atoms with E-state index in [1.165, 1.54) is 22.4 Å². The predicted molar refractivity (Wildman–Crippen MR) is 90.3 cm³/mol. The number of hydrogen-bond donors (Lipinski definition) is 1. The molecule has 3 heteroatoms. The van der Waals surface area contributed by atoms with Gasteiger partial charge >= 0.3 is 0 Å². The van der Waals surface area contributed by atoms with Crippen LogP contribution in [0.15, 0.2) is 42.5 Å². The van der Waals surface area contributed by atoms with Gasteiger partial charge in [0.25, 0.3) is 0 Å². The average molecular weight is 301 g/mol. The van der Waals surface area contributed by atoms with Gasteiger partial charge in [-0.2, -0.15) is 0 Å². The molecule has 1 aliphatic rings. The number of nitrogens with two attached hydrogens (primary N) is 1. The van der Waals surface area contributed by atoms with E-state index in [2.05, 4.69) is 41.3 Å². The highest BCUT2D eigenvalue weighted by atomic mass is 35.5. The third-order valence-electron chi connectivity index (χ3n) is 4.22. The van der Waals surface area contributed by atoms with Gasteiger partial charge in [-0.15, -0.1) is 0 Å². The molecule has 1 aliphatic heterocycles. The van der Waals surface area contributed by atoms with E-state index in [0.717, 1.165) is 37.4 Å². The first kappa shape index (κ1) is 14.4. The van der Waals surface area contributed by atoms with Crippen LogP contribution in [0.5, 0.6) is 0 Å². The summed E-state index contributed by atoms with van der Waals surface area (Å²) in [6.07, 6.45) is 3.07. The zero-order valence-electron chi connectivity index (χ0n) is 12.2. The maximum absolute atomic E-state index is 6.14. The summed E-state index contributed by atoms with van der Waals surface area (Å²) < 4.78 is 0. The second kappa shape index (κ2) is 6.50. The number of fused-ring (bicyclic) bond motifs is 1. The lowest BCUT2D eigenvalue weighted by Gasteiger charge is -2.25. The molecule has 0 bridgehead atoms. The van der Waals surface area contributed by atoms with Gasteiger partial charge in [0, 0.05) is 23.8 Å². The summed E-state index contributed by atoms with van der Waals surface area (Å²) in [6, 6.07) is 15.0. The monoisotopic (exact) mass is 300 g/mol. The zero-order valence-corrected chi connectivity index (χ0v) is 12.9. The molecule has 0 unspecified atom stereocenters. The van der Waals surface area contributed by atoms with Crippen molar-refractivity contribution in [1.82, 2.24) is 0 Å². The molecule has 2 aromatic carbocycles. The minimum absolute atomic E-state index is 0.654. The lowest BCUT2D eigenvalue weighted by atomic mass is 10.0. The largest absolute Gasteiger partial charge is 0.371 e. The molecule has 1 heterocycles. The summed E-state index contributed by atoms with van der Waals surface area (Å²) in [4.78, 5) is 2.47. The Morgan fingerprint density at radius 3 is 2.29 bits per heavy atom. The summed E-state index contributed by atoms with van der Waals surface area (Å²) in [7, 11) is 0. The Morgan fingerprint density at radius 1 is 1.00 bits per heavy atom. The van der Waals surface area contributed by atoms with Gasteiger partial charge < -0.3 is 10.6 Å². The van der Waals surface area contributed by atoms with Gasteiger partial charge in [-0.25, -0.2) is 0 Å². The number of hydrogen-bond acceptors (Lipinski definition) is 2. The van der Waals surface area contributed by atoms with Gasteiger partial charge in [0.1, 0.15) is 0 Å². The van der Waals surface area contributed by atoms with Crippen molar-refractivity contribution in [2.45, 2.75) is 19.3 Å². The predicted octanol–water partition coefficient (Wildman–Crippen LogP) is 3.45. The maximum Gasteiger partial charge on any atom is 0.0410 e. The SMILES string of the molecule is NCCc1cc(Cl)ccc1N1CCc2ccccc2CC1.